The van der Waals surface area contributed by atoms with Crippen molar-refractivity contribution in [2.45, 2.75) is 19.3 Å². The van der Waals surface area contributed by atoms with Crippen molar-refractivity contribution in [1.82, 2.24) is 0 Å². The zero-order valence-electron chi connectivity index (χ0n) is 20.9. The molecule has 8 nitrogen and oxygen atoms in total. The number of rotatable bonds is 11. The normalized spacial score (nSPS) is 10.4. The fourth-order valence-electron chi connectivity index (χ4n) is 3.72. The number of esters is 1. The van der Waals surface area contributed by atoms with E-state index >= 15 is 0 Å². The van der Waals surface area contributed by atoms with Gasteiger partial charge in [0.1, 0.15) is 17.2 Å². The maximum atomic E-state index is 12.3. The van der Waals surface area contributed by atoms with Crippen molar-refractivity contribution in [1.29, 1.82) is 0 Å². The minimum Gasteiger partial charge on any atom is -0.497 e. The molecule has 0 saturated carbocycles. The number of nitrogens with one attached hydrogen (secondary N) is 2. The average Bonchev–Trinajstić information content (AvgIpc) is 2.93. The van der Waals surface area contributed by atoms with E-state index in [1.165, 1.54) is 0 Å². The molecule has 4 aromatic rings. The third kappa shape index (κ3) is 7.57. The van der Waals surface area contributed by atoms with Gasteiger partial charge in [0.25, 0.3) is 5.91 Å². The highest BCUT2D eigenvalue weighted by molar-refractivity contribution is 5.93. The SMILES string of the molecule is COc1ccc(NC(=O)COC(=O)CCCC(=O)Nc2ccc(Oc3cccc4ccccc34)cc2)cc1. The van der Waals surface area contributed by atoms with Gasteiger partial charge in [0.05, 0.1) is 7.11 Å². The van der Waals surface area contributed by atoms with Gasteiger partial charge in [-0.2, -0.15) is 0 Å². The maximum absolute atomic E-state index is 12.3. The fraction of sp³-hybridized carbons (Fsp3) is 0.167. The van der Waals surface area contributed by atoms with Crippen molar-refractivity contribution >= 4 is 39.9 Å². The zero-order chi connectivity index (χ0) is 26.7. The number of carbonyl (C=O) groups excluding carboxylic acids is 3. The standard InChI is InChI=1S/C30H28N2O6/c1-36-24-16-12-23(13-17-24)32-29(34)20-37-30(35)11-5-10-28(33)31-22-14-18-25(19-15-22)38-27-9-4-7-21-6-2-3-8-26(21)27/h2-4,6-9,12-19H,5,10-11,20H2,1H3,(H,31,33)(H,32,34). The molecule has 38 heavy (non-hydrogen) atoms. The van der Waals surface area contributed by atoms with Crippen molar-refractivity contribution < 1.29 is 28.6 Å². The Balaban J connectivity index is 1.15. The van der Waals surface area contributed by atoms with E-state index < -0.39 is 18.5 Å². The van der Waals surface area contributed by atoms with Crippen LogP contribution in [0.1, 0.15) is 19.3 Å². The van der Waals surface area contributed by atoms with E-state index in [4.69, 9.17) is 14.2 Å². The first-order chi connectivity index (χ1) is 18.5. The first kappa shape index (κ1) is 26.2. The molecular formula is C30H28N2O6. The van der Waals surface area contributed by atoms with Crippen LogP contribution >= 0.6 is 0 Å². The van der Waals surface area contributed by atoms with E-state index in [0.717, 1.165) is 16.5 Å². The number of ether oxygens (including phenoxy) is 3. The van der Waals surface area contributed by atoms with Gasteiger partial charge in [-0.05, 0) is 66.4 Å². The minimum atomic E-state index is -0.544. The van der Waals surface area contributed by atoms with Crippen LogP contribution in [0.2, 0.25) is 0 Å². The highest BCUT2D eigenvalue weighted by Crippen LogP contribution is 2.30. The summed E-state index contributed by atoms with van der Waals surface area (Å²) in [7, 11) is 1.55. The minimum absolute atomic E-state index is 0.0288. The van der Waals surface area contributed by atoms with Gasteiger partial charge in [-0.3, -0.25) is 14.4 Å². The molecular weight excluding hydrogens is 484 g/mol. The summed E-state index contributed by atoms with van der Waals surface area (Å²) in [4.78, 5) is 36.1. The van der Waals surface area contributed by atoms with E-state index in [1.807, 2.05) is 42.5 Å². The quantitative estimate of drug-likeness (QED) is 0.242. The summed E-state index contributed by atoms with van der Waals surface area (Å²) < 4.78 is 16.1. The Kier molecular flexibility index (Phi) is 8.91. The van der Waals surface area contributed by atoms with E-state index in [-0.39, 0.29) is 18.7 Å². The highest BCUT2D eigenvalue weighted by Gasteiger charge is 2.10. The van der Waals surface area contributed by atoms with Crippen LogP contribution in [0.4, 0.5) is 11.4 Å². The molecule has 0 aromatic heterocycles. The Morgan fingerprint density at radius 2 is 1.32 bits per heavy atom. The molecule has 0 radical (unpaired) electrons. The van der Waals surface area contributed by atoms with Gasteiger partial charge in [0.2, 0.25) is 5.91 Å². The molecule has 0 bridgehead atoms. The molecule has 194 valence electrons. The van der Waals surface area contributed by atoms with Gasteiger partial charge in [-0.1, -0.05) is 36.4 Å². The van der Waals surface area contributed by atoms with Crippen molar-refractivity contribution in [2.24, 2.45) is 0 Å². The van der Waals surface area contributed by atoms with Crippen LogP contribution in [0.3, 0.4) is 0 Å². The molecule has 0 atom stereocenters. The molecule has 4 rings (SSSR count). The Morgan fingerprint density at radius 3 is 2.03 bits per heavy atom. The van der Waals surface area contributed by atoms with Crippen LogP contribution < -0.4 is 20.1 Å². The van der Waals surface area contributed by atoms with Gasteiger partial charge < -0.3 is 24.8 Å². The average molecular weight is 513 g/mol. The van der Waals surface area contributed by atoms with E-state index in [0.29, 0.717) is 29.3 Å². The molecule has 0 aliphatic heterocycles. The maximum Gasteiger partial charge on any atom is 0.306 e. The Morgan fingerprint density at radius 1 is 0.684 bits per heavy atom. The summed E-state index contributed by atoms with van der Waals surface area (Å²) in [6.07, 6.45) is 0.468. The second kappa shape index (κ2) is 12.9. The molecule has 0 aliphatic carbocycles. The second-order valence-electron chi connectivity index (χ2n) is 8.44. The number of fused-ring (bicyclic) bond motifs is 1. The number of amides is 2. The lowest BCUT2D eigenvalue weighted by Crippen LogP contribution is -2.21. The van der Waals surface area contributed by atoms with Gasteiger partial charge >= 0.3 is 5.97 Å². The molecule has 4 aromatic carbocycles. The smallest absolute Gasteiger partial charge is 0.306 e. The summed E-state index contributed by atoms with van der Waals surface area (Å²) in [5.74, 6) is 0.856. The van der Waals surface area contributed by atoms with E-state index in [9.17, 15) is 14.4 Å². The van der Waals surface area contributed by atoms with Crippen molar-refractivity contribution in [3.8, 4) is 17.2 Å². The predicted octanol–water partition coefficient (Wildman–Crippen LogP) is 5.93. The Bertz CT molecular complexity index is 1400. The van der Waals surface area contributed by atoms with Gasteiger partial charge in [0, 0.05) is 29.6 Å². The molecule has 2 amide bonds. The first-order valence-electron chi connectivity index (χ1n) is 12.2. The lowest BCUT2D eigenvalue weighted by molar-refractivity contribution is -0.147. The molecule has 0 aliphatic rings. The van der Waals surface area contributed by atoms with E-state index in [2.05, 4.69) is 10.6 Å². The molecule has 0 fully saturated rings. The molecule has 0 heterocycles. The number of hydrogen-bond donors (Lipinski definition) is 2. The summed E-state index contributed by atoms with van der Waals surface area (Å²) in [6, 6.07) is 27.7. The van der Waals surface area contributed by atoms with Crippen LogP contribution in [0.25, 0.3) is 10.8 Å². The van der Waals surface area contributed by atoms with Crippen LogP contribution in [-0.4, -0.2) is 31.5 Å². The topological polar surface area (TPSA) is 103 Å². The van der Waals surface area contributed by atoms with E-state index in [1.54, 1.807) is 55.6 Å². The van der Waals surface area contributed by atoms with Gasteiger partial charge in [-0.25, -0.2) is 0 Å². The summed E-state index contributed by atoms with van der Waals surface area (Å²) in [5, 5.41) is 7.54. The summed E-state index contributed by atoms with van der Waals surface area (Å²) in [6.45, 7) is -0.399. The van der Waals surface area contributed by atoms with Crippen LogP contribution in [0.5, 0.6) is 17.2 Å². The Labute approximate surface area is 220 Å². The summed E-state index contributed by atoms with van der Waals surface area (Å²) in [5.41, 5.74) is 1.19. The molecule has 8 heteroatoms. The highest BCUT2D eigenvalue weighted by atomic mass is 16.5. The number of anilines is 2. The number of hydrogen-bond acceptors (Lipinski definition) is 6. The lowest BCUT2D eigenvalue weighted by atomic mass is 10.1. The van der Waals surface area contributed by atoms with Crippen LogP contribution in [0.15, 0.2) is 91.0 Å². The molecule has 0 unspecified atom stereocenters. The monoisotopic (exact) mass is 512 g/mol. The third-order valence-electron chi connectivity index (χ3n) is 5.64. The zero-order valence-corrected chi connectivity index (χ0v) is 20.9. The third-order valence-corrected chi connectivity index (χ3v) is 5.64. The second-order valence-corrected chi connectivity index (χ2v) is 8.44. The first-order valence-corrected chi connectivity index (χ1v) is 12.2. The number of carbonyl (C=O) groups is 3. The van der Waals surface area contributed by atoms with Crippen LogP contribution in [0, 0.1) is 0 Å². The van der Waals surface area contributed by atoms with Crippen LogP contribution in [-0.2, 0) is 19.1 Å². The fourth-order valence-corrected chi connectivity index (χ4v) is 3.72. The molecule has 0 spiro atoms. The van der Waals surface area contributed by atoms with Crippen molar-refractivity contribution in [3.63, 3.8) is 0 Å². The molecule has 0 saturated heterocycles. The summed E-state index contributed by atoms with van der Waals surface area (Å²) >= 11 is 0. The number of methoxy groups -OCH3 is 1. The Hall–Kier alpha value is -4.85. The largest absolute Gasteiger partial charge is 0.497 e. The predicted molar refractivity (Wildman–Crippen MR) is 146 cm³/mol. The number of benzene rings is 4. The van der Waals surface area contributed by atoms with Gasteiger partial charge in [-0.15, -0.1) is 0 Å². The molecule has 2 N–H and O–H groups in total. The van der Waals surface area contributed by atoms with Crippen molar-refractivity contribution in [3.05, 3.63) is 91.0 Å². The lowest BCUT2D eigenvalue weighted by Gasteiger charge is -2.10. The van der Waals surface area contributed by atoms with Crippen molar-refractivity contribution in [2.75, 3.05) is 24.4 Å². The van der Waals surface area contributed by atoms with Gasteiger partial charge in [0.15, 0.2) is 6.61 Å².